The molecular weight excluding hydrogens is 335 g/mol. The molecule has 1 aromatic carbocycles. The summed E-state index contributed by atoms with van der Waals surface area (Å²) in [5, 5.41) is 0.692. The fourth-order valence-electron chi connectivity index (χ4n) is 1.82. The molecule has 114 valence electrons. The van der Waals surface area contributed by atoms with Crippen molar-refractivity contribution in [2.24, 2.45) is 5.73 Å². The molecule has 1 atom stereocenters. The van der Waals surface area contributed by atoms with Gasteiger partial charge in [-0.05, 0) is 36.8 Å². The number of nitrogens with one attached hydrogen (secondary N) is 1. The molecule has 1 heterocycles. The van der Waals surface area contributed by atoms with E-state index in [0.717, 1.165) is 0 Å². The van der Waals surface area contributed by atoms with E-state index in [-0.39, 0.29) is 11.6 Å². The van der Waals surface area contributed by atoms with Crippen LogP contribution < -0.4 is 10.5 Å². The van der Waals surface area contributed by atoms with Gasteiger partial charge < -0.3 is 10.2 Å². The Morgan fingerprint density at radius 2 is 2.00 bits per heavy atom. The summed E-state index contributed by atoms with van der Waals surface area (Å²) in [5.41, 5.74) is 6.01. The summed E-state index contributed by atoms with van der Waals surface area (Å²) in [6.07, 6.45) is 0. The maximum absolute atomic E-state index is 12.2. The predicted molar refractivity (Wildman–Crippen MR) is 81.8 cm³/mol. The van der Waals surface area contributed by atoms with Crippen LogP contribution in [0, 0.1) is 0 Å². The molecule has 8 heteroatoms. The minimum Gasteiger partial charge on any atom is -0.447 e. The van der Waals surface area contributed by atoms with Crippen molar-refractivity contribution >= 4 is 33.2 Å². The third kappa shape index (κ3) is 3.78. The molecule has 2 aromatic rings. The van der Waals surface area contributed by atoms with Crippen LogP contribution in [0.3, 0.4) is 0 Å². The summed E-state index contributed by atoms with van der Waals surface area (Å²) in [7, 11) is -3.79. The Hall–Kier alpha value is -1.05. The highest BCUT2D eigenvalue weighted by Gasteiger charge is 2.23. The van der Waals surface area contributed by atoms with Gasteiger partial charge in [0.25, 0.3) is 10.0 Å². The van der Waals surface area contributed by atoms with E-state index in [1.165, 1.54) is 12.1 Å². The largest absolute Gasteiger partial charge is 0.447 e. The quantitative estimate of drug-likeness (QED) is 0.869. The average molecular weight is 349 g/mol. The minimum atomic E-state index is -3.79. The van der Waals surface area contributed by atoms with Crippen molar-refractivity contribution < 1.29 is 12.8 Å². The lowest BCUT2D eigenvalue weighted by Gasteiger charge is -2.15. The van der Waals surface area contributed by atoms with Crippen LogP contribution in [0.5, 0.6) is 0 Å². The van der Waals surface area contributed by atoms with Crippen LogP contribution in [0.15, 0.2) is 39.8 Å². The second-order valence-corrected chi connectivity index (χ2v) is 6.92. The van der Waals surface area contributed by atoms with Crippen molar-refractivity contribution in [3.05, 3.63) is 51.7 Å². The Morgan fingerprint density at radius 1 is 1.29 bits per heavy atom. The van der Waals surface area contributed by atoms with Crippen molar-refractivity contribution in [2.45, 2.75) is 24.6 Å². The average Bonchev–Trinajstić information content (AvgIpc) is 2.87. The Morgan fingerprint density at radius 3 is 2.57 bits per heavy atom. The van der Waals surface area contributed by atoms with Crippen molar-refractivity contribution in [2.75, 3.05) is 0 Å². The Balaban J connectivity index is 2.23. The van der Waals surface area contributed by atoms with Gasteiger partial charge in [-0.1, -0.05) is 29.3 Å². The number of hydrogen-bond donors (Lipinski definition) is 2. The van der Waals surface area contributed by atoms with Crippen LogP contribution in [-0.4, -0.2) is 8.42 Å². The van der Waals surface area contributed by atoms with E-state index in [1.807, 2.05) is 0 Å². The Labute approximate surface area is 133 Å². The zero-order chi connectivity index (χ0) is 15.6. The first kappa shape index (κ1) is 16.3. The molecule has 2 rings (SSSR count). The first-order valence-electron chi connectivity index (χ1n) is 6.09. The van der Waals surface area contributed by atoms with Gasteiger partial charge in [-0.2, -0.15) is 0 Å². The van der Waals surface area contributed by atoms with E-state index in [9.17, 15) is 8.42 Å². The molecule has 0 radical (unpaired) electrons. The van der Waals surface area contributed by atoms with E-state index in [2.05, 4.69) is 4.72 Å². The molecule has 21 heavy (non-hydrogen) atoms. The molecule has 0 aliphatic carbocycles. The van der Waals surface area contributed by atoms with E-state index in [1.54, 1.807) is 25.1 Å². The number of hydrogen-bond acceptors (Lipinski definition) is 4. The number of nitrogens with two attached hydrogens (primary N) is 1. The number of benzene rings is 1. The maximum Gasteiger partial charge on any atom is 0.274 e. The lowest BCUT2D eigenvalue weighted by molar-refractivity contribution is 0.411. The van der Waals surface area contributed by atoms with Crippen molar-refractivity contribution in [3.63, 3.8) is 0 Å². The minimum absolute atomic E-state index is 0.133. The van der Waals surface area contributed by atoms with Gasteiger partial charge in [-0.15, -0.1) is 0 Å². The molecule has 0 aliphatic rings. The standard InChI is InChI=1S/C13H14Cl2N2O3S/c1-8(11-4-2-9(14)6-12(11)15)17-21(18,19)13-5-3-10(7-16)20-13/h2-6,8,17H,7,16H2,1H3. The van der Waals surface area contributed by atoms with Crippen LogP contribution >= 0.6 is 23.2 Å². The molecule has 0 amide bonds. The van der Waals surface area contributed by atoms with Gasteiger partial charge in [0.05, 0.1) is 6.54 Å². The smallest absolute Gasteiger partial charge is 0.274 e. The number of halogens is 2. The Kier molecular flexibility index (Phi) is 4.95. The normalized spacial score (nSPS) is 13.3. The van der Waals surface area contributed by atoms with Gasteiger partial charge in [-0.3, -0.25) is 0 Å². The van der Waals surface area contributed by atoms with Crippen LogP contribution in [0.4, 0.5) is 0 Å². The lowest BCUT2D eigenvalue weighted by Crippen LogP contribution is -2.26. The molecule has 5 nitrogen and oxygen atoms in total. The van der Waals surface area contributed by atoms with Gasteiger partial charge in [0.2, 0.25) is 5.09 Å². The van der Waals surface area contributed by atoms with Crippen LogP contribution in [0.2, 0.25) is 10.0 Å². The maximum atomic E-state index is 12.2. The second-order valence-electron chi connectivity index (χ2n) is 4.43. The van der Waals surface area contributed by atoms with Gasteiger partial charge in [0, 0.05) is 16.1 Å². The van der Waals surface area contributed by atoms with Crippen molar-refractivity contribution in [3.8, 4) is 0 Å². The summed E-state index contributed by atoms with van der Waals surface area (Å²) in [6, 6.07) is 7.22. The van der Waals surface area contributed by atoms with Gasteiger partial charge in [-0.25, -0.2) is 13.1 Å². The van der Waals surface area contributed by atoms with E-state index in [0.29, 0.717) is 21.4 Å². The molecule has 0 saturated carbocycles. The van der Waals surface area contributed by atoms with Gasteiger partial charge >= 0.3 is 0 Å². The van der Waals surface area contributed by atoms with E-state index in [4.69, 9.17) is 33.4 Å². The number of rotatable bonds is 5. The molecule has 0 spiro atoms. The highest BCUT2D eigenvalue weighted by molar-refractivity contribution is 7.89. The first-order chi connectivity index (χ1) is 9.83. The fourth-order valence-corrected chi connectivity index (χ4v) is 3.56. The number of furan rings is 1. The predicted octanol–water partition coefficient (Wildman–Crippen LogP) is 3.08. The second kappa shape index (κ2) is 6.37. The molecule has 0 bridgehead atoms. The molecule has 1 aromatic heterocycles. The van der Waals surface area contributed by atoms with E-state index < -0.39 is 16.1 Å². The fraction of sp³-hybridized carbons (Fsp3) is 0.231. The molecule has 0 saturated heterocycles. The molecule has 0 aliphatic heterocycles. The highest BCUT2D eigenvalue weighted by atomic mass is 35.5. The van der Waals surface area contributed by atoms with Crippen LogP contribution in [0.1, 0.15) is 24.3 Å². The zero-order valence-corrected chi connectivity index (χ0v) is 13.5. The third-order valence-electron chi connectivity index (χ3n) is 2.86. The SMILES string of the molecule is CC(NS(=O)(=O)c1ccc(CN)o1)c1ccc(Cl)cc1Cl. The van der Waals surface area contributed by atoms with Crippen molar-refractivity contribution in [1.29, 1.82) is 0 Å². The molecule has 3 N–H and O–H groups in total. The zero-order valence-electron chi connectivity index (χ0n) is 11.1. The highest BCUT2D eigenvalue weighted by Crippen LogP contribution is 2.27. The third-order valence-corrected chi connectivity index (χ3v) is 4.84. The summed E-state index contributed by atoms with van der Waals surface area (Å²) in [5.74, 6) is 0.396. The monoisotopic (exact) mass is 348 g/mol. The lowest BCUT2D eigenvalue weighted by atomic mass is 10.1. The summed E-state index contributed by atoms with van der Waals surface area (Å²) < 4.78 is 32.1. The topological polar surface area (TPSA) is 85.3 Å². The van der Waals surface area contributed by atoms with Gasteiger partial charge in [0.1, 0.15) is 5.76 Å². The van der Waals surface area contributed by atoms with Gasteiger partial charge in [0.15, 0.2) is 0 Å². The first-order valence-corrected chi connectivity index (χ1v) is 8.33. The Bertz CT molecular complexity index is 744. The van der Waals surface area contributed by atoms with Crippen LogP contribution in [-0.2, 0) is 16.6 Å². The number of sulfonamides is 1. The molecule has 0 fully saturated rings. The van der Waals surface area contributed by atoms with Crippen molar-refractivity contribution in [1.82, 2.24) is 4.72 Å². The molecule has 1 unspecified atom stereocenters. The van der Waals surface area contributed by atoms with Crippen LogP contribution in [0.25, 0.3) is 0 Å². The summed E-state index contributed by atoms with van der Waals surface area (Å²) >= 11 is 11.9. The van der Waals surface area contributed by atoms with E-state index >= 15 is 0 Å². The summed E-state index contributed by atoms with van der Waals surface area (Å²) in [4.78, 5) is 0. The molecular formula is C13H14Cl2N2O3S. The summed E-state index contributed by atoms with van der Waals surface area (Å²) in [6.45, 7) is 1.81.